The summed E-state index contributed by atoms with van der Waals surface area (Å²) in [7, 11) is -2.42. The van der Waals surface area contributed by atoms with Gasteiger partial charge in [-0.3, -0.25) is 13.9 Å². The summed E-state index contributed by atoms with van der Waals surface area (Å²) in [5.41, 5.74) is -2.04. The molecule has 5 rings (SSSR count). The van der Waals surface area contributed by atoms with Crippen LogP contribution in [0.2, 0.25) is 0 Å². The van der Waals surface area contributed by atoms with Crippen LogP contribution in [-0.2, 0) is 23.4 Å². The summed E-state index contributed by atoms with van der Waals surface area (Å²) >= 11 is 0. The minimum Gasteiger partial charge on any atom is -0.462 e. The van der Waals surface area contributed by atoms with E-state index in [1.165, 1.54) is 17.8 Å². The quantitative estimate of drug-likeness (QED) is 0.171. The lowest BCUT2D eigenvalue weighted by Gasteiger charge is -2.25. The zero-order valence-electron chi connectivity index (χ0n) is 25.1. The van der Waals surface area contributed by atoms with Gasteiger partial charge in [-0.1, -0.05) is 24.1 Å². The Labute approximate surface area is 254 Å². The molecule has 1 saturated heterocycles. The third-order valence-electron chi connectivity index (χ3n) is 7.30. The van der Waals surface area contributed by atoms with Crippen molar-refractivity contribution in [3.63, 3.8) is 0 Å². The third-order valence-corrected chi connectivity index (χ3v) is 8.94. The summed E-state index contributed by atoms with van der Waals surface area (Å²) in [5.74, 6) is 2.53. The third kappa shape index (κ3) is 6.43. The highest BCUT2D eigenvalue weighted by atomic mass is 31.2. The summed E-state index contributed by atoms with van der Waals surface area (Å²) in [6.07, 6.45) is 3.72. The highest BCUT2D eigenvalue weighted by molar-refractivity contribution is 7.52. The second kappa shape index (κ2) is 12.4. The van der Waals surface area contributed by atoms with Crippen LogP contribution in [0.25, 0.3) is 11.2 Å². The van der Waals surface area contributed by atoms with Crippen molar-refractivity contribution in [1.29, 1.82) is 0 Å². The molecule has 0 bridgehead atoms. The van der Waals surface area contributed by atoms with E-state index < -0.39 is 56.6 Å². The fourth-order valence-corrected chi connectivity index (χ4v) is 6.38. The fraction of sp³-hybridized carbons (Fsp3) is 0.517. The number of aliphatic hydroxyl groups is 1. The molecule has 0 spiro atoms. The van der Waals surface area contributed by atoms with E-state index in [0.29, 0.717) is 23.2 Å². The number of hydrogen-bond acceptors (Lipinski definition) is 11. The topological polar surface area (TPSA) is 150 Å². The van der Waals surface area contributed by atoms with Gasteiger partial charge >= 0.3 is 13.7 Å². The van der Waals surface area contributed by atoms with Crippen LogP contribution in [0.5, 0.6) is 5.75 Å². The van der Waals surface area contributed by atoms with Crippen LogP contribution < -0.4 is 14.5 Å². The van der Waals surface area contributed by atoms with Crippen LogP contribution in [0.1, 0.15) is 45.7 Å². The molecule has 1 aromatic carbocycles. The maximum absolute atomic E-state index is 16.4. The molecule has 2 aromatic heterocycles. The monoisotopic (exact) mass is 630 g/mol. The first kappa shape index (κ1) is 31.8. The first-order chi connectivity index (χ1) is 20.8. The molecule has 3 heterocycles. The summed E-state index contributed by atoms with van der Waals surface area (Å²) < 4.78 is 54.0. The van der Waals surface area contributed by atoms with E-state index in [9.17, 15) is 14.5 Å². The first-order valence-electron chi connectivity index (χ1n) is 14.3. The van der Waals surface area contributed by atoms with Crippen molar-refractivity contribution in [2.45, 2.75) is 82.8 Å². The summed E-state index contributed by atoms with van der Waals surface area (Å²) in [4.78, 5) is 27.9. The van der Waals surface area contributed by atoms with Gasteiger partial charge in [-0.25, -0.2) is 23.9 Å². The van der Waals surface area contributed by atoms with Gasteiger partial charge in [-0.15, -0.1) is 6.42 Å². The number of carbonyl (C=O) groups excluding carboxylic acids is 1. The van der Waals surface area contributed by atoms with E-state index in [1.54, 1.807) is 51.1 Å². The van der Waals surface area contributed by atoms with Crippen LogP contribution in [0.15, 0.2) is 36.7 Å². The van der Waals surface area contributed by atoms with Gasteiger partial charge in [0.15, 0.2) is 23.2 Å². The Balaban J connectivity index is 1.40. The molecule has 0 unspecified atom stereocenters. The zero-order valence-corrected chi connectivity index (χ0v) is 26.0. The average Bonchev–Trinajstić information content (AvgIpc) is 3.70. The van der Waals surface area contributed by atoms with E-state index in [-0.39, 0.29) is 11.4 Å². The fourth-order valence-electron chi connectivity index (χ4n) is 4.88. The van der Waals surface area contributed by atoms with Gasteiger partial charge in [-0.05, 0) is 52.7 Å². The van der Waals surface area contributed by atoms with Crippen LogP contribution in [0.4, 0.5) is 10.2 Å². The molecule has 2 aliphatic rings. The molecular weight excluding hydrogens is 594 g/mol. The standard InChI is InChI=1S/C29H36FN6O7P/c1-7-29(30)24(37)22(15-40-44(39,43-21-11-9-8-10-12-21)34-18(4)27(38)41-17(2)3)42-28(29)36-16-31-23-25(35(6)20-13-14-20)32-19(5)33-26(23)36/h1,8-12,16-18,20,22,24,28,37H,13-15H2,2-6H3,(H,34,39)/t18-,22+,24+,28+,29+,44+/m0/s1. The largest absolute Gasteiger partial charge is 0.462 e. The lowest BCUT2D eigenvalue weighted by molar-refractivity contribution is -0.149. The SMILES string of the molecule is C#C[C@@]1(F)[C@H](O)[C@@H](CO[P@](=O)(N[C@@H](C)C(=O)OC(C)C)Oc2ccccc2)O[C@H]1n1cnc2c(N(C)C3CC3)nc(C)nc21. The number of carbonyl (C=O) groups is 1. The number of esters is 1. The maximum atomic E-state index is 16.4. The molecule has 15 heteroatoms. The number of imidazole rings is 1. The minimum atomic E-state index is -4.33. The number of aromatic nitrogens is 4. The predicted molar refractivity (Wildman–Crippen MR) is 159 cm³/mol. The highest BCUT2D eigenvalue weighted by Gasteiger charge is 2.58. The maximum Gasteiger partial charge on any atom is 0.459 e. The molecule has 2 fully saturated rings. The van der Waals surface area contributed by atoms with Gasteiger partial charge in [0.05, 0.1) is 19.0 Å². The van der Waals surface area contributed by atoms with E-state index in [4.69, 9.17) is 24.9 Å². The number of nitrogens with one attached hydrogen (secondary N) is 1. The molecule has 1 saturated carbocycles. The Hall–Kier alpha value is -3.60. The van der Waals surface area contributed by atoms with Gasteiger partial charge in [-0.2, -0.15) is 5.09 Å². The molecule has 236 valence electrons. The second-order valence-electron chi connectivity index (χ2n) is 11.2. The van der Waals surface area contributed by atoms with Crippen molar-refractivity contribution in [3.05, 3.63) is 42.5 Å². The van der Waals surface area contributed by atoms with Gasteiger partial charge in [0.2, 0.25) is 5.67 Å². The molecule has 2 N–H and O–H groups in total. The number of aliphatic hydroxyl groups excluding tert-OH is 1. The summed E-state index contributed by atoms with van der Waals surface area (Å²) in [5, 5.41) is 13.6. The van der Waals surface area contributed by atoms with Crippen molar-refractivity contribution in [3.8, 4) is 18.1 Å². The number of halogens is 1. The predicted octanol–water partition coefficient (Wildman–Crippen LogP) is 3.47. The summed E-state index contributed by atoms with van der Waals surface area (Å²) in [6.45, 7) is 5.87. The molecule has 1 aliphatic heterocycles. The van der Waals surface area contributed by atoms with Crippen LogP contribution in [0, 0.1) is 19.3 Å². The van der Waals surface area contributed by atoms with Crippen molar-refractivity contribution in [1.82, 2.24) is 24.6 Å². The number of nitrogens with zero attached hydrogens (tertiary/aromatic N) is 5. The Morgan fingerprint density at radius 3 is 2.66 bits per heavy atom. The zero-order chi connectivity index (χ0) is 31.8. The molecule has 13 nitrogen and oxygen atoms in total. The molecule has 0 radical (unpaired) electrons. The molecule has 6 atom stereocenters. The Bertz CT molecular complexity index is 1600. The van der Waals surface area contributed by atoms with Crippen molar-refractivity contribution in [2.24, 2.45) is 0 Å². The Morgan fingerprint density at radius 2 is 2.02 bits per heavy atom. The van der Waals surface area contributed by atoms with Crippen LogP contribution in [0.3, 0.4) is 0 Å². The number of para-hydroxylation sites is 1. The summed E-state index contributed by atoms with van der Waals surface area (Å²) in [6, 6.07) is 7.35. The van der Waals surface area contributed by atoms with Crippen molar-refractivity contribution in [2.75, 3.05) is 18.6 Å². The molecular formula is C29H36FN6O7P. The number of benzene rings is 1. The van der Waals surface area contributed by atoms with Gasteiger partial charge in [0, 0.05) is 13.1 Å². The van der Waals surface area contributed by atoms with Crippen LogP contribution in [-0.4, -0.2) is 80.3 Å². The highest BCUT2D eigenvalue weighted by Crippen LogP contribution is 2.48. The number of rotatable bonds is 12. The lowest BCUT2D eigenvalue weighted by Crippen LogP contribution is -2.42. The van der Waals surface area contributed by atoms with E-state index in [1.807, 2.05) is 17.9 Å². The van der Waals surface area contributed by atoms with Crippen molar-refractivity contribution < 1.29 is 37.4 Å². The van der Waals surface area contributed by atoms with Gasteiger partial charge in [0.1, 0.15) is 29.8 Å². The molecule has 44 heavy (non-hydrogen) atoms. The van der Waals surface area contributed by atoms with Gasteiger partial charge < -0.3 is 24.0 Å². The number of ether oxygens (including phenoxy) is 2. The lowest BCUT2D eigenvalue weighted by atomic mass is 9.97. The molecule has 0 amide bonds. The Morgan fingerprint density at radius 1 is 1.32 bits per heavy atom. The number of anilines is 1. The van der Waals surface area contributed by atoms with E-state index in [0.717, 1.165) is 12.8 Å². The van der Waals surface area contributed by atoms with Gasteiger partial charge in [0.25, 0.3) is 0 Å². The number of hydrogen-bond donors (Lipinski definition) is 2. The minimum absolute atomic E-state index is 0.175. The number of terminal acetylenes is 1. The Kier molecular flexibility index (Phi) is 8.98. The smallest absolute Gasteiger partial charge is 0.459 e. The van der Waals surface area contributed by atoms with Crippen molar-refractivity contribution >= 4 is 30.7 Å². The average molecular weight is 631 g/mol. The number of fused-ring (bicyclic) bond motifs is 1. The molecule has 3 aromatic rings. The second-order valence-corrected chi connectivity index (χ2v) is 12.9. The normalized spacial score (nSPS) is 25.4. The van der Waals surface area contributed by atoms with E-state index in [2.05, 4.69) is 20.0 Å². The first-order valence-corrected chi connectivity index (χ1v) is 15.8. The number of alkyl halides is 1. The number of aryl methyl sites for hydroxylation is 1. The molecule has 1 aliphatic carbocycles. The van der Waals surface area contributed by atoms with E-state index >= 15 is 4.39 Å². The van der Waals surface area contributed by atoms with Crippen LogP contribution >= 0.6 is 7.75 Å².